The molecule has 3 N–H and O–H groups in total. The van der Waals surface area contributed by atoms with Crippen molar-refractivity contribution in [2.24, 2.45) is 5.73 Å². The fourth-order valence-electron chi connectivity index (χ4n) is 0.897. The third kappa shape index (κ3) is 3.23. The van der Waals surface area contributed by atoms with Gasteiger partial charge < -0.3 is 10.8 Å². The van der Waals surface area contributed by atoms with Gasteiger partial charge >= 0.3 is 0 Å². The van der Waals surface area contributed by atoms with E-state index < -0.39 is 6.04 Å². The van der Waals surface area contributed by atoms with E-state index in [0.29, 0.717) is 5.56 Å². The number of halogens is 3. The van der Waals surface area contributed by atoms with Crippen LogP contribution in [0.25, 0.3) is 0 Å². The zero-order chi connectivity index (χ0) is 9.14. The van der Waals surface area contributed by atoms with Crippen LogP contribution in [0.4, 0.5) is 4.39 Å². The predicted octanol–water partition coefficient (Wildman–Crippen LogP) is 2.00. The highest BCUT2D eigenvalue weighted by atomic mass is 79.9. The van der Waals surface area contributed by atoms with Crippen molar-refractivity contribution in [2.45, 2.75) is 6.04 Å². The molecule has 1 aromatic rings. The van der Waals surface area contributed by atoms with Crippen molar-refractivity contribution in [2.75, 3.05) is 6.61 Å². The molecule has 5 heteroatoms. The van der Waals surface area contributed by atoms with Crippen LogP contribution in [0, 0.1) is 5.82 Å². The first-order chi connectivity index (χ1) is 5.65. The average molecular weight is 271 g/mol. The summed E-state index contributed by atoms with van der Waals surface area (Å²) in [6.07, 6.45) is 0. The van der Waals surface area contributed by atoms with Gasteiger partial charge in [-0.15, -0.1) is 12.4 Å². The molecule has 0 aliphatic carbocycles. The van der Waals surface area contributed by atoms with E-state index in [-0.39, 0.29) is 24.8 Å². The molecule has 0 bridgehead atoms. The van der Waals surface area contributed by atoms with E-state index in [1.807, 2.05) is 0 Å². The lowest BCUT2D eigenvalue weighted by molar-refractivity contribution is 0.265. The number of hydrogen-bond acceptors (Lipinski definition) is 2. The maximum atomic E-state index is 13.0. The van der Waals surface area contributed by atoms with Crippen molar-refractivity contribution in [1.82, 2.24) is 0 Å². The Bertz CT molecular complexity index is 285. The first kappa shape index (κ1) is 12.8. The van der Waals surface area contributed by atoms with E-state index in [1.165, 1.54) is 6.07 Å². The van der Waals surface area contributed by atoms with E-state index in [4.69, 9.17) is 10.8 Å². The Labute approximate surface area is 90.5 Å². The van der Waals surface area contributed by atoms with Crippen molar-refractivity contribution in [3.8, 4) is 0 Å². The van der Waals surface area contributed by atoms with Crippen molar-refractivity contribution >= 4 is 28.3 Å². The van der Waals surface area contributed by atoms with Gasteiger partial charge in [0, 0.05) is 10.0 Å². The second-order valence-electron chi connectivity index (χ2n) is 2.45. The Hall–Kier alpha value is -0.160. The van der Waals surface area contributed by atoms with Crippen LogP contribution in [0.3, 0.4) is 0 Å². The van der Waals surface area contributed by atoms with Crippen LogP contribution in [0.2, 0.25) is 0 Å². The van der Waals surface area contributed by atoms with Crippen LogP contribution in [0.1, 0.15) is 11.6 Å². The smallest absolute Gasteiger partial charge is 0.128 e. The summed E-state index contributed by atoms with van der Waals surface area (Å²) in [4.78, 5) is 0. The molecule has 1 aromatic carbocycles. The van der Waals surface area contributed by atoms with Crippen molar-refractivity contribution in [3.63, 3.8) is 0 Å². The van der Waals surface area contributed by atoms with Crippen LogP contribution in [-0.2, 0) is 0 Å². The summed E-state index contributed by atoms with van der Waals surface area (Å²) in [5.74, 6) is -0.389. The first-order valence-electron chi connectivity index (χ1n) is 3.46. The molecule has 0 spiro atoms. The SMILES string of the molecule is Cl.N[C@H](CO)c1cc(Br)ccc1F. The molecule has 1 rings (SSSR count). The molecule has 0 fully saturated rings. The van der Waals surface area contributed by atoms with E-state index >= 15 is 0 Å². The van der Waals surface area contributed by atoms with Crippen molar-refractivity contribution in [1.29, 1.82) is 0 Å². The molecule has 0 aliphatic rings. The zero-order valence-corrected chi connectivity index (χ0v) is 9.11. The Morgan fingerprint density at radius 3 is 2.69 bits per heavy atom. The third-order valence-corrected chi connectivity index (χ3v) is 2.05. The van der Waals surface area contributed by atoms with Gasteiger partial charge in [0.25, 0.3) is 0 Å². The van der Waals surface area contributed by atoms with Gasteiger partial charge in [-0.1, -0.05) is 15.9 Å². The number of aliphatic hydroxyl groups is 1. The van der Waals surface area contributed by atoms with E-state index in [2.05, 4.69) is 15.9 Å². The monoisotopic (exact) mass is 269 g/mol. The number of benzene rings is 1. The molecule has 0 heterocycles. The van der Waals surface area contributed by atoms with Crippen LogP contribution < -0.4 is 5.73 Å². The highest BCUT2D eigenvalue weighted by Crippen LogP contribution is 2.19. The molecular formula is C8H10BrClFNO. The molecule has 0 aromatic heterocycles. The molecular weight excluding hydrogens is 260 g/mol. The van der Waals surface area contributed by atoms with Gasteiger partial charge in [0.15, 0.2) is 0 Å². The van der Waals surface area contributed by atoms with Gasteiger partial charge in [-0.05, 0) is 18.2 Å². The Morgan fingerprint density at radius 1 is 1.54 bits per heavy atom. The standard InChI is InChI=1S/C8H9BrFNO.ClH/c9-5-1-2-7(10)6(3-5)8(11)4-12;/h1-3,8,12H,4,11H2;1H/t8-;/m1./s1. The summed E-state index contributed by atoms with van der Waals surface area (Å²) >= 11 is 3.19. The summed E-state index contributed by atoms with van der Waals surface area (Å²) in [7, 11) is 0. The number of hydrogen-bond donors (Lipinski definition) is 2. The molecule has 0 saturated carbocycles. The minimum absolute atomic E-state index is 0. The molecule has 0 radical (unpaired) electrons. The summed E-state index contributed by atoms with van der Waals surface area (Å²) in [6.45, 7) is -0.257. The maximum Gasteiger partial charge on any atom is 0.128 e. The molecule has 0 aliphatic heterocycles. The highest BCUT2D eigenvalue weighted by Gasteiger charge is 2.09. The summed E-state index contributed by atoms with van der Waals surface area (Å²) < 4.78 is 13.7. The van der Waals surface area contributed by atoms with Crippen molar-refractivity contribution in [3.05, 3.63) is 34.1 Å². The quantitative estimate of drug-likeness (QED) is 0.863. The average Bonchev–Trinajstić information content (AvgIpc) is 2.08. The van der Waals surface area contributed by atoms with Gasteiger partial charge in [0.2, 0.25) is 0 Å². The molecule has 0 saturated heterocycles. The predicted molar refractivity (Wildman–Crippen MR) is 55.4 cm³/mol. The zero-order valence-electron chi connectivity index (χ0n) is 6.71. The summed E-state index contributed by atoms with van der Waals surface area (Å²) in [6, 6.07) is 3.82. The second-order valence-corrected chi connectivity index (χ2v) is 3.37. The molecule has 1 atom stereocenters. The van der Waals surface area contributed by atoms with Crippen LogP contribution in [0.15, 0.2) is 22.7 Å². The van der Waals surface area contributed by atoms with Gasteiger partial charge in [0.1, 0.15) is 5.82 Å². The second kappa shape index (κ2) is 5.54. The van der Waals surface area contributed by atoms with Gasteiger partial charge in [-0.3, -0.25) is 0 Å². The normalized spacial score (nSPS) is 12.0. The fourth-order valence-corrected chi connectivity index (χ4v) is 1.28. The largest absolute Gasteiger partial charge is 0.394 e. The van der Waals surface area contributed by atoms with Gasteiger partial charge in [0.05, 0.1) is 12.6 Å². The minimum Gasteiger partial charge on any atom is -0.394 e. The molecule has 0 amide bonds. The Kier molecular flexibility index (Phi) is 5.48. The number of nitrogens with two attached hydrogens (primary N) is 1. The number of rotatable bonds is 2. The molecule has 74 valence electrons. The highest BCUT2D eigenvalue weighted by molar-refractivity contribution is 9.10. The van der Waals surface area contributed by atoms with Crippen LogP contribution in [0.5, 0.6) is 0 Å². The van der Waals surface area contributed by atoms with E-state index in [0.717, 1.165) is 4.47 Å². The Morgan fingerprint density at radius 2 is 2.15 bits per heavy atom. The van der Waals surface area contributed by atoms with Crippen molar-refractivity contribution < 1.29 is 9.50 Å². The summed E-state index contributed by atoms with van der Waals surface area (Å²) in [5.41, 5.74) is 5.78. The van der Waals surface area contributed by atoms with Gasteiger partial charge in [-0.25, -0.2) is 4.39 Å². The fraction of sp³-hybridized carbons (Fsp3) is 0.250. The summed E-state index contributed by atoms with van der Waals surface area (Å²) in [5, 5.41) is 8.70. The maximum absolute atomic E-state index is 13.0. The lowest BCUT2D eigenvalue weighted by Crippen LogP contribution is -2.15. The first-order valence-corrected chi connectivity index (χ1v) is 4.26. The van der Waals surface area contributed by atoms with E-state index in [1.54, 1.807) is 12.1 Å². The van der Waals surface area contributed by atoms with Crippen LogP contribution in [-0.4, -0.2) is 11.7 Å². The third-order valence-electron chi connectivity index (χ3n) is 1.55. The topological polar surface area (TPSA) is 46.2 Å². The lowest BCUT2D eigenvalue weighted by atomic mass is 10.1. The molecule has 13 heavy (non-hydrogen) atoms. The molecule has 2 nitrogen and oxygen atoms in total. The van der Waals surface area contributed by atoms with Gasteiger partial charge in [-0.2, -0.15) is 0 Å². The Balaban J connectivity index is 0.00000144. The van der Waals surface area contributed by atoms with E-state index in [9.17, 15) is 4.39 Å². The number of aliphatic hydroxyl groups excluding tert-OH is 1. The lowest BCUT2D eigenvalue weighted by Gasteiger charge is -2.09. The minimum atomic E-state index is -0.650. The van der Waals surface area contributed by atoms with Crippen LogP contribution >= 0.6 is 28.3 Å². The molecule has 0 unspecified atom stereocenters.